The minimum Gasteiger partial charge on any atom is -0.305 e. The van der Waals surface area contributed by atoms with Crippen LogP contribution in [0.2, 0.25) is 0 Å². The van der Waals surface area contributed by atoms with Crippen molar-refractivity contribution in [2.45, 2.75) is 20.8 Å². The Labute approximate surface area is 255 Å². The number of hydrogen-bond donors (Lipinski definition) is 0. The Bertz CT molecular complexity index is 2700. The van der Waals surface area contributed by atoms with Gasteiger partial charge in [-0.3, -0.25) is 0 Å². The standard InChI is InChI=1S/C41H32N3/c1-25-20-21-26(2)33(24-25)41-42(4)36-19-11-16-31-29-13-6-5-12-28(29)30-14-7-9-17-34(30)43-35-18-10-8-15-32(35)38-27(3)22-23-37(40(38)43)44(41)39(31)36/h5-24H,1-4H3/q+1. The Morgan fingerprint density at radius 2 is 1.09 bits per heavy atom. The van der Waals surface area contributed by atoms with Gasteiger partial charge in [0.25, 0.3) is 5.82 Å². The third kappa shape index (κ3) is 3.24. The van der Waals surface area contributed by atoms with Gasteiger partial charge in [0.1, 0.15) is 5.52 Å². The topological polar surface area (TPSA) is 12.7 Å². The second-order valence-electron chi connectivity index (χ2n) is 12.3. The number of imidazole rings is 1. The maximum atomic E-state index is 2.55. The van der Waals surface area contributed by atoms with Gasteiger partial charge in [-0.2, -0.15) is 4.40 Å². The number of benzene rings is 6. The zero-order valence-corrected chi connectivity index (χ0v) is 25.4. The fraction of sp³-hybridized carbons (Fsp3) is 0.0976. The van der Waals surface area contributed by atoms with Gasteiger partial charge in [-0.1, -0.05) is 90.5 Å². The van der Waals surface area contributed by atoms with Crippen LogP contribution in [0.25, 0.3) is 76.8 Å². The number of hydrogen-bond acceptors (Lipinski definition) is 0. The molecule has 0 spiro atoms. The van der Waals surface area contributed by atoms with E-state index in [1.807, 2.05) is 0 Å². The first-order valence-corrected chi connectivity index (χ1v) is 15.4. The van der Waals surface area contributed by atoms with Crippen molar-refractivity contribution in [2.75, 3.05) is 0 Å². The van der Waals surface area contributed by atoms with Crippen LogP contribution in [0.1, 0.15) is 16.7 Å². The summed E-state index contributed by atoms with van der Waals surface area (Å²) in [6.45, 7) is 6.67. The van der Waals surface area contributed by atoms with Gasteiger partial charge in [0.2, 0.25) is 0 Å². The number of nitrogens with zero attached hydrogens (tertiary/aromatic N) is 3. The molecule has 210 valence electrons. The van der Waals surface area contributed by atoms with Gasteiger partial charge in [-0.05, 0) is 79.1 Å². The smallest absolute Gasteiger partial charge is 0.295 e. The Balaban J connectivity index is 1.77. The Kier molecular flexibility index (Phi) is 5.16. The lowest BCUT2D eigenvalue weighted by molar-refractivity contribution is -0.633. The molecule has 0 unspecified atom stereocenters. The van der Waals surface area contributed by atoms with Crippen molar-refractivity contribution in [3.63, 3.8) is 0 Å². The van der Waals surface area contributed by atoms with Crippen molar-refractivity contribution in [1.82, 2.24) is 8.80 Å². The van der Waals surface area contributed by atoms with Crippen LogP contribution in [0.4, 0.5) is 0 Å². The molecule has 0 saturated carbocycles. The molecule has 3 heterocycles. The number of aryl methyl sites for hydroxylation is 4. The van der Waals surface area contributed by atoms with Gasteiger partial charge in [0, 0.05) is 21.5 Å². The second kappa shape index (κ2) is 9.05. The predicted octanol–water partition coefficient (Wildman–Crippen LogP) is 9.94. The average molecular weight is 567 g/mol. The number of rotatable bonds is 1. The van der Waals surface area contributed by atoms with E-state index in [1.165, 1.54) is 93.5 Å². The minimum absolute atomic E-state index is 1.18. The zero-order chi connectivity index (χ0) is 29.7. The molecule has 0 bridgehead atoms. The summed E-state index contributed by atoms with van der Waals surface area (Å²) in [6, 6.07) is 45.0. The van der Waals surface area contributed by atoms with E-state index in [0.29, 0.717) is 0 Å². The molecule has 0 saturated heterocycles. The van der Waals surface area contributed by atoms with Crippen LogP contribution in [0.3, 0.4) is 0 Å². The van der Waals surface area contributed by atoms with Gasteiger partial charge >= 0.3 is 0 Å². The third-order valence-corrected chi connectivity index (χ3v) is 9.66. The highest BCUT2D eigenvalue weighted by molar-refractivity contribution is 6.20. The van der Waals surface area contributed by atoms with Crippen LogP contribution in [0.5, 0.6) is 0 Å². The van der Waals surface area contributed by atoms with E-state index in [9.17, 15) is 0 Å². The second-order valence-corrected chi connectivity index (χ2v) is 12.3. The molecule has 3 heteroatoms. The summed E-state index contributed by atoms with van der Waals surface area (Å²) in [6.07, 6.45) is 0. The molecule has 3 aromatic heterocycles. The first-order chi connectivity index (χ1) is 21.5. The van der Waals surface area contributed by atoms with Crippen molar-refractivity contribution in [3.05, 3.63) is 138 Å². The van der Waals surface area contributed by atoms with Crippen LogP contribution in [-0.4, -0.2) is 8.80 Å². The molecule has 3 nitrogen and oxygen atoms in total. The highest BCUT2D eigenvalue weighted by Crippen LogP contribution is 2.39. The number of fused-ring (bicyclic) bond motifs is 9. The molecule has 0 atom stereocenters. The van der Waals surface area contributed by atoms with E-state index in [1.54, 1.807) is 0 Å². The highest BCUT2D eigenvalue weighted by atomic mass is 15.1. The predicted molar refractivity (Wildman–Crippen MR) is 186 cm³/mol. The maximum Gasteiger partial charge on any atom is 0.295 e. The van der Waals surface area contributed by atoms with E-state index < -0.39 is 0 Å². The molecule has 0 amide bonds. The van der Waals surface area contributed by atoms with E-state index in [4.69, 9.17) is 0 Å². The summed E-state index contributed by atoms with van der Waals surface area (Å²) in [4.78, 5) is 0. The highest BCUT2D eigenvalue weighted by Gasteiger charge is 2.28. The van der Waals surface area contributed by atoms with Gasteiger partial charge in [-0.25, -0.2) is 4.57 Å². The third-order valence-electron chi connectivity index (χ3n) is 9.66. The summed E-state index contributed by atoms with van der Waals surface area (Å²) in [5, 5.41) is 7.52. The van der Waals surface area contributed by atoms with Crippen LogP contribution < -0.4 is 4.57 Å². The maximum absolute atomic E-state index is 2.55. The summed E-state index contributed by atoms with van der Waals surface area (Å²) < 4.78 is 7.47. The van der Waals surface area contributed by atoms with E-state index in [2.05, 4.69) is 163 Å². The van der Waals surface area contributed by atoms with Crippen molar-refractivity contribution < 1.29 is 4.57 Å². The first kappa shape index (κ1) is 25.1. The van der Waals surface area contributed by atoms with E-state index >= 15 is 0 Å². The fourth-order valence-corrected chi connectivity index (χ4v) is 7.66. The van der Waals surface area contributed by atoms with E-state index in [-0.39, 0.29) is 0 Å². The molecule has 0 fully saturated rings. The van der Waals surface area contributed by atoms with Crippen molar-refractivity contribution >= 4 is 65.4 Å². The van der Waals surface area contributed by atoms with Crippen molar-refractivity contribution in [3.8, 4) is 11.4 Å². The largest absolute Gasteiger partial charge is 0.305 e. The normalized spacial score (nSPS) is 12.1. The van der Waals surface area contributed by atoms with Crippen LogP contribution >= 0.6 is 0 Å². The monoisotopic (exact) mass is 566 g/mol. The van der Waals surface area contributed by atoms with Crippen LogP contribution in [0, 0.1) is 20.8 Å². The molecule has 0 aliphatic rings. The summed E-state index contributed by atoms with van der Waals surface area (Å²) >= 11 is 0. The summed E-state index contributed by atoms with van der Waals surface area (Å²) in [7, 11) is 2.22. The average Bonchev–Trinajstić information content (AvgIpc) is 3.55. The molecule has 0 N–H and O–H groups in total. The quantitative estimate of drug-likeness (QED) is 0.175. The lowest BCUT2D eigenvalue weighted by Gasteiger charge is -2.09. The lowest BCUT2D eigenvalue weighted by Crippen LogP contribution is -2.29. The number of para-hydroxylation sites is 3. The van der Waals surface area contributed by atoms with Crippen LogP contribution in [-0.2, 0) is 7.05 Å². The molecule has 9 rings (SSSR count). The Morgan fingerprint density at radius 1 is 0.477 bits per heavy atom. The van der Waals surface area contributed by atoms with Gasteiger partial charge < -0.3 is 4.40 Å². The SMILES string of the molecule is Cc1ccc(C)c(-c2n3c4ccc(C)c5c6ccccc6n(c6ccccc6c6ccccc6c6cccc(c63)[n+]2C)c54)c1. The molecule has 0 aliphatic heterocycles. The van der Waals surface area contributed by atoms with Crippen molar-refractivity contribution in [1.29, 1.82) is 0 Å². The van der Waals surface area contributed by atoms with Crippen molar-refractivity contribution in [2.24, 2.45) is 7.05 Å². The molecular formula is C41H32N3+. The zero-order valence-electron chi connectivity index (χ0n) is 25.4. The number of aromatic nitrogens is 3. The molecule has 0 radical (unpaired) electrons. The molecule has 0 aliphatic carbocycles. The van der Waals surface area contributed by atoms with Crippen LogP contribution in [0.15, 0.2) is 121 Å². The van der Waals surface area contributed by atoms with Gasteiger partial charge in [0.05, 0.1) is 23.6 Å². The summed E-state index contributed by atoms with van der Waals surface area (Å²) in [5.74, 6) is 1.18. The van der Waals surface area contributed by atoms with E-state index in [0.717, 1.165) is 0 Å². The molecular weight excluding hydrogens is 534 g/mol. The Morgan fingerprint density at radius 3 is 1.86 bits per heavy atom. The minimum atomic E-state index is 1.18. The van der Waals surface area contributed by atoms with Gasteiger partial charge in [0.15, 0.2) is 16.6 Å². The lowest BCUT2D eigenvalue weighted by atomic mass is 10.0. The molecule has 9 aromatic rings. The van der Waals surface area contributed by atoms with Gasteiger partial charge in [-0.15, -0.1) is 0 Å². The molecule has 6 aromatic carbocycles. The Hall–Kier alpha value is -5.41. The summed E-state index contributed by atoms with van der Waals surface area (Å²) in [5.41, 5.74) is 12.3. The molecule has 44 heavy (non-hydrogen) atoms. The fourth-order valence-electron chi connectivity index (χ4n) is 7.66. The first-order valence-electron chi connectivity index (χ1n) is 15.4.